The molecule has 6 nitrogen and oxygen atoms in total. The van der Waals surface area contributed by atoms with E-state index in [9.17, 15) is 14.0 Å². The Morgan fingerprint density at radius 2 is 1.74 bits per heavy atom. The Morgan fingerprint density at radius 1 is 1.00 bits per heavy atom. The first-order valence-corrected chi connectivity index (χ1v) is 10.4. The smallest absolute Gasteiger partial charge is 0.278 e. The van der Waals surface area contributed by atoms with Crippen LogP contribution in [0.4, 0.5) is 10.1 Å². The van der Waals surface area contributed by atoms with E-state index in [1.54, 1.807) is 31.4 Å². The molecule has 0 saturated carbocycles. The molecule has 2 aromatic carbocycles. The second kappa shape index (κ2) is 10.7. The molecule has 164 valence electrons. The highest BCUT2D eigenvalue weighted by Crippen LogP contribution is 2.31. The molecule has 0 fully saturated rings. The van der Waals surface area contributed by atoms with E-state index in [4.69, 9.17) is 9.47 Å². The van der Waals surface area contributed by atoms with Crippen LogP contribution in [0.5, 0.6) is 5.75 Å². The van der Waals surface area contributed by atoms with Gasteiger partial charge in [0.1, 0.15) is 17.3 Å². The molecule has 0 spiro atoms. The van der Waals surface area contributed by atoms with Crippen LogP contribution < -0.4 is 10.1 Å². The summed E-state index contributed by atoms with van der Waals surface area (Å²) < 4.78 is 24.2. The summed E-state index contributed by atoms with van der Waals surface area (Å²) in [6, 6.07) is 12.6. The van der Waals surface area contributed by atoms with Crippen LogP contribution in [0.1, 0.15) is 31.7 Å². The first-order valence-electron chi connectivity index (χ1n) is 10.4. The van der Waals surface area contributed by atoms with Gasteiger partial charge in [-0.2, -0.15) is 0 Å². The quantitative estimate of drug-likeness (QED) is 0.430. The number of rotatable bonds is 11. The molecule has 0 unspecified atom stereocenters. The van der Waals surface area contributed by atoms with Gasteiger partial charge in [-0.25, -0.2) is 4.39 Å². The van der Waals surface area contributed by atoms with Gasteiger partial charge in [-0.3, -0.25) is 14.5 Å². The summed E-state index contributed by atoms with van der Waals surface area (Å²) in [6.07, 6.45) is 2.57. The normalized spacial score (nSPS) is 13.8. The molecule has 0 atom stereocenters. The van der Waals surface area contributed by atoms with Crippen molar-refractivity contribution in [1.29, 1.82) is 0 Å². The fourth-order valence-corrected chi connectivity index (χ4v) is 3.30. The van der Waals surface area contributed by atoms with Crippen LogP contribution in [-0.2, 0) is 14.3 Å². The molecular weight excluding hydrogens is 399 g/mol. The summed E-state index contributed by atoms with van der Waals surface area (Å²) in [5.74, 6) is -0.618. The Hall–Kier alpha value is -3.19. The Labute approximate surface area is 181 Å². The Bertz CT molecular complexity index is 956. The zero-order valence-corrected chi connectivity index (χ0v) is 17.8. The predicted molar refractivity (Wildman–Crippen MR) is 117 cm³/mol. The van der Waals surface area contributed by atoms with Crippen molar-refractivity contribution in [3.63, 3.8) is 0 Å². The number of carbonyl (C=O) groups is 2. The van der Waals surface area contributed by atoms with Crippen molar-refractivity contribution in [3.8, 4) is 5.75 Å². The average molecular weight is 426 g/mol. The van der Waals surface area contributed by atoms with E-state index in [0.717, 1.165) is 12.8 Å². The van der Waals surface area contributed by atoms with Gasteiger partial charge in [0.25, 0.3) is 11.8 Å². The lowest BCUT2D eigenvalue weighted by Crippen LogP contribution is -2.34. The van der Waals surface area contributed by atoms with Gasteiger partial charge >= 0.3 is 0 Å². The Kier molecular flexibility index (Phi) is 7.78. The lowest BCUT2D eigenvalue weighted by molar-refractivity contribution is -0.137. The highest BCUT2D eigenvalue weighted by atomic mass is 19.1. The number of hydrogen-bond donors (Lipinski definition) is 1. The largest absolute Gasteiger partial charge is 0.497 e. The first-order chi connectivity index (χ1) is 15.0. The number of benzene rings is 2. The van der Waals surface area contributed by atoms with Crippen LogP contribution in [0.25, 0.3) is 5.57 Å². The zero-order chi connectivity index (χ0) is 22.2. The topological polar surface area (TPSA) is 67.9 Å². The molecule has 1 aliphatic heterocycles. The van der Waals surface area contributed by atoms with E-state index in [-0.39, 0.29) is 17.8 Å². The van der Waals surface area contributed by atoms with E-state index >= 15 is 0 Å². The second-order valence-corrected chi connectivity index (χ2v) is 7.20. The molecule has 0 bridgehead atoms. The summed E-state index contributed by atoms with van der Waals surface area (Å²) in [6.45, 7) is 3.48. The van der Waals surface area contributed by atoms with Crippen LogP contribution in [0.15, 0.2) is 54.2 Å². The van der Waals surface area contributed by atoms with Crippen LogP contribution in [0.2, 0.25) is 0 Å². The maximum absolute atomic E-state index is 13.4. The zero-order valence-electron chi connectivity index (χ0n) is 17.8. The minimum Gasteiger partial charge on any atom is -0.497 e. The van der Waals surface area contributed by atoms with Crippen molar-refractivity contribution in [2.75, 3.05) is 32.2 Å². The minimum atomic E-state index is -0.416. The first kappa shape index (κ1) is 22.5. The van der Waals surface area contributed by atoms with E-state index in [0.29, 0.717) is 36.6 Å². The molecule has 7 heteroatoms. The van der Waals surface area contributed by atoms with Crippen molar-refractivity contribution in [3.05, 3.63) is 65.6 Å². The molecule has 1 aliphatic rings. The van der Waals surface area contributed by atoms with Crippen LogP contribution in [-0.4, -0.2) is 43.6 Å². The number of hydrogen-bond acceptors (Lipinski definition) is 5. The Balaban J connectivity index is 1.83. The molecule has 2 aromatic rings. The monoisotopic (exact) mass is 426 g/mol. The fraction of sp³-hybridized carbons (Fsp3) is 0.333. The minimum absolute atomic E-state index is 0.164. The highest BCUT2D eigenvalue weighted by Gasteiger charge is 2.38. The van der Waals surface area contributed by atoms with Gasteiger partial charge in [-0.1, -0.05) is 31.5 Å². The van der Waals surface area contributed by atoms with E-state index in [1.807, 2.05) is 0 Å². The number of imide groups is 1. The van der Waals surface area contributed by atoms with E-state index in [1.165, 1.54) is 29.2 Å². The van der Waals surface area contributed by atoms with Crippen LogP contribution in [0, 0.1) is 5.82 Å². The lowest BCUT2D eigenvalue weighted by atomic mass is 10.0. The maximum atomic E-state index is 13.4. The maximum Gasteiger partial charge on any atom is 0.278 e. The molecule has 0 aromatic heterocycles. The van der Waals surface area contributed by atoms with Gasteiger partial charge in [0.05, 0.1) is 12.7 Å². The molecule has 1 N–H and O–H groups in total. The summed E-state index contributed by atoms with van der Waals surface area (Å²) in [5.41, 5.74) is 1.48. The lowest BCUT2D eigenvalue weighted by Gasteiger charge is -2.15. The Morgan fingerprint density at radius 3 is 2.45 bits per heavy atom. The molecule has 31 heavy (non-hydrogen) atoms. The predicted octanol–water partition coefficient (Wildman–Crippen LogP) is 4.23. The van der Waals surface area contributed by atoms with Gasteiger partial charge in [-0.05, 0) is 42.7 Å². The summed E-state index contributed by atoms with van der Waals surface area (Å²) >= 11 is 0. The number of ether oxygens (including phenoxy) is 2. The number of unbranched alkanes of at least 4 members (excludes halogenated alkanes) is 1. The molecule has 0 aliphatic carbocycles. The van der Waals surface area contributed by atoms with Crippen molar-refractivity contribution in [2.45, 2.75) is 26.2 Å². The van der Waals surface area contributed by atoms with Crippen molar-refractivity contribution in [2.24, 2.45) is 0 Å². The van der Waals surface area contributed by atoms with E-state index < -0.39 is 17.6 Å². The van der Waals surface area contributed by atoms with Gasteiger partial charge < -0.3 is 14.8 Å². The summed E-state index contributed by atoms with van der Waals surface area (Å²) in [7, 11) is 1.55. The van der Waals surface area contributed by atoms with Crippen LogP contribution >= 0.6 is 0 Å². The third-order valence-electron chi connectivity index (χ3n) is 4.95. The van der Waals surface area contributed by atoms with Crippen LogP contribution in [0.3, 0.4) is 0 Å². The van der Waals surface area contributed by atoms with Crippen molar-refractivity contribution >= 4 is 23.1 Å². The van der Waals surface area contributed by atoms with Crippen molar-refractivity contribution in [1.82, 2.24) is 4.90 Å². The number of methoxy groups -OCH3 is 1. The summed E-state index contributed by atoms with van der Waals surface area (Å²) in [4.78, 5) is 27.5. The number of halogens is 1. The number of carbonyl (C=O) groups excluding carboxylic acids is 2. The number of nitrogens with zero attached hydrogens (tertiary/aromatic N) is 1. The number of amides is 2. The van der Waals surface area contributed by atoms with Gasteiger partial charge in [0, 0.05) is 31.5 Å². The second-order valence-electron chi connectivity index (χ2n) is 7.20. The molecular formula is C24H27FN2O4. The number of nitrogens with one attached hydrogen (secondary N) is 1. The molecule has 2 amide bonds. The average Bonchev–Trinajstić information content (AvgIpc) is 3.01. The SMILES string of the molecule is CCCCOCCCN1C(=O)C(Nc2cccc(OC)c2)=C(c2ccc(F)cc2)C1=O. The molecule has 1 heterocycles. The standard InChI is InChI=1S/C24H27FN2O4/c1-3-4-14-31-15-6-13-27-23(28)21(17-9-11-18(25)12-10-17)22(24(27)29)26-19-7-5-8-20(16-19)30-2/h5,7-12,16,26H,3-4,6,13-15H2,1-2H3. The third-order valence-corrected chi connectivity index (χ3v) is 4.95. The fourth-order valence-electron chi connectivity index (χ4n) is 3.30. The van der Waals surface area contributed by atoms with Gasteiger partial charge in [0.15, 0.2) is 0 Å². The molecule has 3 rings (SSSR count). The third kappa shape index (κ3) is 5.49. The number of anilines is 1. The van der Waals surface area contributed by atoms with Gasteiger partial charge in [0.2, 0.25) is 0 Å². The highest BCUT2D eigenvalue weighted by molar-refractivity contribution is 6.36. The van der Waals surface area contributed by atoms with E-state index in [2.05, 4.69) is 12.2 Å². The summed E-state index contributed by atoms with van der Waals surface area (Å²) in [5, 5.41) is 3.07. The van der Waals surface area contributed by atoms with Gasteiger partial charge in [-0.15, -0.1) is 0 Å². The van der Waals surface area contributed by atoms with Crippen molar-refractivity contribution < 1.29 is 23.5 Å². The molecule has 0 saturated heterocycles. The molecule has 0 radical (unpaired) electrons.